The largest absolute Gasteiger partial charge is 0.451 e. The molecular weight excluding hydrogens is 297 g/mol. The van der Waals surface area contributed by atoms with E-state index in [1.54, 1.807) is 6.07 Å². The molecule has 4 nitrogen and oxygen atoms in total. The van der Waals surface area contributed by atoms with Gasteiger partial charge in [0.1, 0.15) is 11.4 Å². The molecule has 0 aliphatic rings. The number of fused-ring (bicyclic) bond motifs is 1. The highest BCUT2D eigenvalue weighted by molar-refractivity contribution is 5.98. The Bertz CT molecular complexity index is 839. The van der Waals surface area contributed by atoms with Gasteiger partial charge in [0, 0.05) is 17.5 Å². The lowest BCUT2D eigenvalue weighted by atomic mass is 10.1. The van der Waals surface area contributed by atoms with E-state index in [2.05, 4.69) is 5.32 Å². The van der Waals surface area contributed by atoms with Crippen molar-refractivity contribution in [2.24, 2.45) is 0 Å². The summed E-state index contributed by atoms with van der Waals surface area (Å²) in [6.45, 7) is 1.83. The lowest BCUT2D eigenvalue weighted by Gasteiger charge is -2.11. The van der Waals surface area contributed by atoms with Gasteiger partial charge in [0.2, 0.25) is 0 Å². The van der Waals surface area contributed by atoms with Crippen molar-refractivity contribution >= 4 is 16.9 Å². The van der Waals surface area contributed by atoms with E-state index in [0.717, 1.165) is 10.9 Å². The quantitative estimate of drug-likeness (QED) is 0.776. The van der Waals surface area contributed by atoms with E-state index in [4.69, 9.17) is 4.42 Å². The van der Waals surface area contributed by atoms with Crippen LogP contribution in [0.3, 0.4) is 0 Å². The molecule has 5 heteroatoms. The van der Waals surface area contributed by atoms with Crippen LogP contribution in [0.15, 0.2) is 52.9 Å². The van der Waals surface area contributed by atoms with Crippen molar-refractivity contribution in [3.05, 3.63) is 71.2 Å². The molecule has 3 rings (SSSR count). The second kappa shape index (κ2) is 6.22. The van der Waals surface area contributed by atoms with E-state index < -0.39 is 6.10 Å². The molecule has 0 aliphatic carbocycles. The molecular formula is C18H16FNO3. The zero-order chi connectivity index (χ0) is 16.4. The van der Waals surface area contributed by atoms with Gasteiger partial charge in [0.05, 0.1) is 6.10 Å². The van der Waals surface area contributed by atoms with Gasteiger partial charge in [-0.1, -0.05) is 30.3 Å². The van der Waals surface area contributed by atoms with Gasteiger partial charge >= 0.3 is 0 Å². The van der Waals surface area contributed by atoms with E-state index in [0.29, 0.717) is 11.1 Å². The average Bonchev–Trinajstić information content (AvgIpc) is 2.90. The first-order chi connectivity index (χ1) is 11.1. The molecule has 0 spiro atoms. The fraction of sp³-hybridized carbons (Fsp3) is 0.167. The number of furan rings is 1. The van der Waals surface area contributed by atoms with E-state index in [9.17, 15) is 14.3 Å². The molecule has 1 amide bonds. The van der Waals surface area contributed by atoms with Gasteiger partial charge in [0.15, 0.2) is 5.76 Å². The number of rotatable bonds is 4. The summed E-state index contributed by atoms with van der Waals surface area (Å²) in [7, 11) is 0. The van der Waals surface area contributed by atoms with Gasteiger partial charge in [-0.2, -0.15) is 0 Å². The SMILES string of the molecule is Cc1c(C(=O)NCC(O)c2ccc(F)cc2)oc2ccccc12. The summed E-state index contributed by atoms with van der Waals surface area (Å²) >= 11 is 0. The summed E-state index contributed by atoms with van der Waals surface area (Å²) in [5, 5.41) is 13.6. The number of para-hydroxylation sites is 1. The van der Waals surface area contributed by atoms with Crippen LogP contribution in [0.1, 0.15) is 27.8 Å². The number of amides is 1. The lowest BCUT2D eigenvalue weighted by Crippen LogP contribution is -2.28. The summed E-state index contributed by atoms with van der Waals surface area (Å²) < 4.78 is 18.4. The van der Waals surface area contributed by atoms with Gasteiger partial charge in [-0.15, -0.1) is 0 Å². The number of nitrogens with one attached hydrogen (secondary N) is 1. The second-order valence-corrected chi connectivity index (χ2v) is 5.33. The zero-order valence-corrected chi connectivity index (χ0v) is 12.5. The first-order valence-corrected chi connectivity index (χ1v) is 7.26. The maximum Gasteiger partial charge on any atom is 0.287 e. The fourth-order valence-electron chi connectivity index (χ4n) is 2.46. The highest BCUT2D eigenvalue weighted by Crippen LogP contribution is 2.24. The lowest BCUT2D eigenvalue weighted by molar-refractivity contribution is 0.0890. The summed E-state index contributed by atoms with van der Waals surface area (Å²) in [5.41, 5.74) is 1.94. The van der Waals surface area contributed by atoms with Crippen molar-refractivity contribution < 1.29 is 18.7 Å². The number of benzene rings is 2. The average molecular weight is 313 g/mol. The van der Waals surface area contributed by atoms with Crippen LogP contribution in [0.2, 0.25) is 0 Å². The van der Waals surface area contributed by atoms with Crippen molar-refractivity contribution in [1.82, 2.24) is 5.32 Å². The molecule has 0 aliphatic heterocycles. The maximum atomic E-state index is 12.9. The van der Waals surface area contributed by atoms with Crippen molar-refractivity contribution in [1.29, 1.82) is 0 Å². The Morgan fingerprint density at radius 2 is 1.91 bits per heavy atom. The van der Waals surface area contributed by atoms with E-state index in [-0.39, 0.29) is 24.0 Å². The Hall–Kier alpha value is -2.66. The number of carbonyl (C=O) groups is 1. The monoisotopic (exact) mass is 313 g/mol. The third-order valence-corrected chi connectivity index (χ3v) is 3.76. The number of hydrogen-bond acceptors (Lipinski definition) is 3. The van der Waals surface area contributed by atoms with Crippen LogP contribution in [-0.4, -0.2) is 17.6 Å². The Labute approximate surface area is 132 Å². The first-order valence-electron chi connectivity index (χ1n) is 7.26. The van der Waals surface area contributed by atoms with Gasteiger partial charge < -0.3 is 14.8 Å². The minimum absolute atomic E-state index is 0.0148. The normalized spacial score (nSPS) is 12.3. The molecule has 3 aromatic rings. The third-order valence-electron chi connectivity index (χ3n) is 3.76. The highest BCUT2D eigenvalue weighted by Gasteiger charge is 2.18. The first kappa shape index (κ1) is 15.2. The molecule has 0 radical (unpaired) electrons. The minimum atomic E-state index is -0.913. The molecule has 1 atom stereocenters. The molecule has 0 bridgehead atoms. The second-order valence-electron chi connectivity index (χ2n) is 5.33. The van der Waals surface area contributed by atoms with Crippen LogP contribution in [0.25, 0.3) is 11.0 Å². The Morgan fingerprint density at radius 3 is 2.61 bits per heavy atom. The van der Waals surface area contributed by atoms with Crippen LogP contribution in [0.4, 0.5) is 4.39 Å². The predicted octanol–water partition coefficient (Wildman–Crippen LogP) is 3.34. The zero-order valence-electron chi connectivity index (χ0n) is 12.5. The molecule has 1 unspecified atom stereocenters. The Balaban J connectivity index is 1.71. The van der Waals surface area contributed by atoms with Crippen LogP contribution >= 0.6 is 0 Å². The molecule has 0 saturated heterocycles. The number of aliphatic hydroxyl groups excluding tert-OH is 1. The number of hydrogen-bond donors (Lipinski definition) is 2. The van der Waals surface area contributed by atoms with E-state index in [1.807, 2.05) is 25.1 Å². The molecule has 2 N–H and O–H groups in total. The number of halogens is 1. The van der Waals surface area contributed by atoms with Crippen molar-refractivity contribution in [3.8, 4) is 0 Å². The Morgan fingerprint density at radius 1 is 1.22 bits per heavy atom. The molecule has 1 aromatic heterocycles. The predicted molar refractivity (Wildman–Crippen MR) is 84.6 cm³/mol. The summed E-state index contributed by atoms with van der Waals surface area (Å²) in [6, 6.07) is 12.9. The third kappa shape index (κ3) is 3.10. The van der Waals surface area contributed by atoms with Gasteiger partial charge in [-0.25, -0.2) is 4.39 Å². The van der Waals surface area contributed by atoms with Crippen LogP contribution in [0, 0.1) is 12.7 Å². The summed E-state index contributed by atoms with van der Waals surface area (Å²) in [6.07, 6.45) is -0.913. The molecule has 23 heavy (non-hydrogen) atoms. The Kier molecular flexibility index (Phi) is 4.12. The van der Waals surface area contributed by atoms with Gasteiger partial charge in [-0.3, -0.25) is 4.79 Å². The van der Waals surface area contributed by atoms with Crippen molar-refractivity contribution in [3.63, 3.8) is 0 Å². The minimum Gasteiger partial charge on any atom is -0.451 e. The maximum absolute atomic E-state index is 12.9. The van der Waals surface area contributed by atoms with E-state index >= 15 is 0 Å². The van der Waals surface area contributed by atoms with E-state index in [1.165, 1.54) is 24.3 Å². The van der Waals surface area contributed by atoms with Gasteiger partial charge in [0.25, 0.3) is 5.91 Å². The summed E-state index contributed by atoms with van der Waals surface area (Å²) in [4.78, 5) is 12.2. The standard InChI is InChI=1S/C18H16FNO3/c1-11-14-4-2-3-5-16(14)23-17(11)18(22)20-10-15(21)12-6-8-13(19)9-7-12/h2-9,15,21H,10H2,1H3,(H,20,22). The molecule has 1 heterocycles. The van der Waals surface area contributed by atoms with Crippen LogP contribution in [-0.2, 0) is 0 Å². The van der Waals surface area contributed by atoms with Crippen LogP contribution < -0.4 is 5.32 Å². The smallest absolute Gasteiger partial charge is 0.287 e. The summed E-state index contributed by atoms with van der Waals surface area (Å²) in [5.74, 6) is -0.528. The topological polar surface area (TPSA) is 62.5 Å². The molecule has 0 saturated carbocycles. The molecule has 0 fully saturated rings. The number of aryl methyl sites for hydroxylation is 1. The van der Waals surface area contributed by atoms with Crippen molar-refractivity contribution in [2.45, 2.75) is 13.0 Å². The van der Waals surface area contributed by atoms with Crippen LogP contribution in [0.5, 0.6) is 0 Å². The number of carbonyl (C=O) groups excluding carboxylic acids is 1. The fourth-order valence-corrected chi connectivity index (χ4v) is 2.46. The molecule has 2 aromatic carbocycles. The van der Waals surface area contributed by atoms with Gasteiger partial charge in [-0.05, 0) is 30.7 Å². The molecule has 118 valence electrons. The van der Waals surface area contributed by atoms with Crippen molar-refractivity contribution in [2.75, 3.05) is 6.54 Å². The number of aliphatic hydroxyl groups is 1. The highest BCUT2D eigenvalue weighted by atomic mass is 19.1.